The number of hydrogen-bond donors (Lipinski definition) is 1. The van der Waals surface area contributed by atoms with Crippen molar-refractivity contribution in [2.24, 2.45) is 0 Å². The molecule has 3 aromatic rings. The van der Waals surface area contributed by atoms with Crippen LogP contribution >= 0.6 is 27.5 Å². The van der Waals surface area contributed by atoms with Gasteiger partial charge in [0.05, 0.1) is 17.3 Å². The molecular weight excluding hydrogens is 339 g/mol. The molecule has 1 N–H and O–H groups in total. The quantitative estimate of drug-likeness (QED) is 0.789. The lowest BCUT2D eigenvalue weighted by atomic mass is 10.4. The highest BCUT2D eigenvalue weighted by molar-refractivity contribution is 9.10. The highest BCUT2D eigenvalue weighted by Gasteiger charge is 2.16. The molecule has 0 saturated carbocycles. The summed E-state index contributed by atoms with van der Waals surface area (Å²) >= 11 is 8.91. The predicted molar refractivity (Wildman–Crippen MR) is 71.7 cm³/mol. The molecule has 0 aromatic carbocycles. The predicted octanol–water partition coefficient (Wildman–Crippen LogP) is 3.49. The molecule has 98 valence electrons. The van der Waals surface area contributed by atoms with Gasteiger partial charge in [0.15, 0.2) is 11.6 Å². The van der Waals surface area contributed by atoms with E-state index in [4.69, 9.17) is 16.0 Å². The van der Waals surface area contributed by atoms with E-state index in [-0.39, 0.29) is 10.8 Å². The van der Waals surface area contributed by atoms with Crippen LogP contribution in [-0.2, 0) is 6.54 Å². The molecule has 19 heavy (non-hydrogen) atoms. The monoisotopic (exact) mass is 344 g/mol. The van der Waals surface area contributed by atoms with Crippen molar-refractivity contribution < 1.29 is 8.81 Å². The molecule has 0 radical (unpaired) electrons. The summed E-state index contributed by atoms with van der Waals surface area (Å²) in [6, 6.07) is 3.57. The fraction of sp³-hybridized carbons (Fsp3) is 0.0909. The summed E-state index contributed by atoms with van der Waals surface area (Å²) in [4.78, 5) is 3.99. The molecule has 0 bridgehead atoms. The molecule has 0 aliphatic rings. The normalized spacial score (nSPS) is 11.1. The van der Waals surface area contributed by atoms with Crippen LogP contribution in [0, 0.1) is 5.82 Å². The molecule has 0 aliphatic heterocycles. The van der Waals surface area contributed by atoms with Gasteiger partial charge in [-0.15, -0.1) is 5.10 Å². The van der Waals surface area contributed by atoms with Gasteiger partial charge in [-0.25, -0.2) is 8.91 Å². The van der Waals surface area contributed by atoms with E-state index in [0.717, 1.165) is 0 Å². The lowest BCUT2D eigenvalue weighted by molar-refractivity contribution is 0.517. The van der Waals surface area contributed by atoms with Gasteiger partial charge in [0.25, 0.3) is 0 Å². The Kier molecular flexibility index (Phi) is 3.16. The van der Waals surface area contributed by atoms with Gasteiger partial charge in [-0.2, -0.15) is 4.98 Å². The first-order chi connectivity index (χ1) is 9.15. The maximum Gasteiger partial charge on any atom is 0.243 e. The summed E-state index contributed by atoms with van der Waals surface area (Å²) in [5, 5.41) is 6.90. The van der Waals surface area contributed by atoms with Crippen LogP contribution in [0.5, 0.6) is 0 Å². The van der Waals surface area contributed by atoms with Crippen molar-refractivity contribution in [2.75, 3.05) is 5.32 Å². The number of halogens is 3. The van der Waals surface area contributed by atoms with Crippen molar-refractivity contribution in [3.05, 3.63) is 45.9 Å². The van der Waals surface area contributed by atoms with Crippen molar-refractivity contribution in [3.63, 3.8) is 0 Å². The van der Waals surface area contributed by atoms with Crippen molar-refractivity contribution >= 4 is 38.9 Å². The number of nitrogens with one attached hydrogen (secondary N) is 1. The Morgan fingerprint density at radius 2 is 2.37 bits per heavy atom. The van der Waals surface area contributed by atoms with Gasteiger partial charge < -0.3 is 9.73 Å². The molecule has 0 unspecified atom stereocenters. The second-order valence-corrected chi connectivity index (χ2v) is 4.94. The summed E-state index contributed by atoms with van der Waals surface area (Å²) < 4.78 is 20.8. The van der Waals surface area contributed by atoms with E-state index in [1.165, 1.54) is 10.7 Å². The maximum absolute atomic E-state index is 14.0. The number of aromatic nitrogens is 3. The molecule has 3 heterocycles. The minimum atomic E-state index is -0.446. The van der Waals surface area contributed by atoms with Gasteiger partial charge in [0.1, 0.15) is 11.3 Å². The molecule has 3 rings (SSSR count). The van der Waals surface area contributed by atoms with E-state index >= 15 is 0 Å². The van der Waals surface area contributed by atoms with Crippen LogP contribution in [0.15, 0.2) is 33.5 Å². The first kappa shape index (κ1) is 12.4. The van der Waals surface area contributed by atoms with Gasteiger partial charge >= 0.3 is 0 Å². The highest BCUT2D eigenvalue weighted by atomic mass is 79.9. The Balaban J connectivity index is 2.01. The van der Waals surface area contributed by atoms with Crippen LogP contribution < -0.4 is 5.32 Å². The van der Waals surface area contributed by atoms with E-state index in [0.29, 0.717) is 22.6 Å². The number of anilines is 1. The zero-order valence-electron chi connectivity index (χ0n) is 9.40. The SMILES string of the molecule is Fc1c(Br)cn2nc(Cl)nc(NCc3ccco3)c12. The average molecular weight is 346 g/mol. The third kappa shape index (κ3) is 2.31. The van der Waals surface area contributed by atoms with Gasteiger partial charge in [-0.1, -0.05) is 0 Å². The third-order valence-corrected chi connectivity index (χ3v) is 3.22. The molecule has 0 aliphatic carbocycles. The van der Waals surface area contributed by atoms with E-state index in [2.05, 4.69) is 31.3 Å². The summed E-state index contributed by atoms with van der Waals surface area (Å²) in [7, 11) is 0. The molecule has 0 saturated heterocycles. The van der Waals surface area contributed by atoms with E-state index in [1.54, 1.807) is 18.4 Å². The Labute approximate surface area is 120 Å². The highest BCUT2D eigenvalue weighted by Crippen LogP contribution is 2.27. The lowest BCUT2D eigenvalue weighted by Crippen LogP contribution is -2.05. The molecular formula is C11H7BrClFN4O. The number of furan rings is 1. The number of hydrogen-bond acceptors (Lipinski definition) is 4. The zero-order chi connectivity index (χ0) is 13.4. The van der Waals surface area contributed by atoms with Crippen LogP contribution in [0.3, 0.4) is 0 Å². The second-order valence-electron chi connectivity index (χ2n) is 3.75. The van der Waals surface area contributed by atoms with Crippen molar-refractivity contribution in [3.8, 4) is 0 Å². The fourth-order valence-electron chi connectivity index (χ4n) is 1.70. The van der Waals surface area contributed by atoms with Gasteiger partial charge in [-0.3, -0.25) is 0 Å². The summed E-state index contributed by atoms with van der Waals surface area (Å²) in [6.07, 6.45) is 3.05. The minimum absolute atomic E-state index is 0.0249. The largest absolute Gasteiger partial charge is 0.467 e. The number of nitrogens with zero attached hydrogens (tertiary/aromatic N) is 3. The first-order valence-corrected chi connectivity index (χ1v) is 6.48. The van der Waals surface area contributed by atoms with Crippen LogP contribution in [-0.4, -0.2) is 14.6 Å². The van der Waals surface area contributed by atoms with Gasteiger partial charge in [-0.05, 0) is 39.7 Å². The second kappa shape index (κ2) is 4.82. The van der Waals surface area contributed by atoms with Crippen molar-refractivity contribution in [2.45, 2.75) is 6.54 Å². The molecule has 8 heteroatoms. The summed E-state index contributed by atoms with van der Waals surface area (Å²) in [5.74, 6) is 0.567. The Morgan fingerprint density at radius 1 is 1.53 bits per heavy atom. The molecule has 0 fully saturated rings. The van der Waals surface area contributed by atoms with Crippen LogP contribution in [0.1, 0.15) is 5.76 Å². The molecule has 0 spiro atoms. The number of fused-ring (bicyclic) bond motifs is 1. The van der Waals surface area contributed by atoms with Gasteiger partial charge in [0, 0.05) is 6.20 Å². The van der Waals surface area contributed by atoms with E-state index < -0.39 is 5.82 Å². The minimum Gasteiger partial charge on any atom is -0.467 e. The van der Waals surface area contributed by atoms with Crippen molar-refractivity contribution in [1.29, 1.82) is 0 Å². The van der Waals surface area contributed by atoms with E-state index in [1.807, 2.05) is 0 Å². The van der Waals surface area contributed by atoms with Crippen molar-refractivity contribution in [1.82, 2.24) is 14.6 Å². The fourth-order valence-corrected chi connectivity index (χ4v) is 2.24. The molecule has 0 atom stereocenters. The standard InChI is InChI=1S/C11H7BrClFN4O/c12-7-5-18-9(8(7)14)10(16-11(13)17-18)15-4-6-2-1-3-19-6/h1-3,5H,4H2,(H,15,16,17). The summed E-state index contributed by atoms with van der Waals surface area (Å²) in [5.41, 5.74) is 0.225. The smallest absolute Gasteiger partial charge is 0.243 e. The molecule has 0 amide bonds. The third-order valence-electron chi connectivity index (χ3n) is 2.51. The van der Waals surface area contributed by atoms with Crippen LogP contribution in [0.4, 0.5) is 10.2 Å². The topological polar surface area (TPSA) is 55.4 Å². The van der Waals surface area contributed by atoms with Gasteiger partial charge in [0.2, 0.25) is 5.28 Å². The first-order valence-electron chi connectivity index (χ1n) is 5.31. The average Bonchev–Trinajstić information content (AvgIpc) is 2.96. The Hall–Kier alpha value is -1.60. The zero-order valence-corrected chi connectivity index (χ0v) is 11.7. The Morgan fingerprint density at radius 3 is 3.11 bits per heavy atom. The van der Waals surface area contributed by atoms with E-state index in [9.17, 15) is 4.39 Å². The Bertz CT molecular complexity index is 728. The molecule has 3 aromatic heterocycles. The maximum atomic E-state index is 14.0. The van der Waals surface area contributed by atoms with Crippen LogP contribution in [0.25, 0.3) is 5.52 Å². The lowest BCUT2D eigenvalue weighted by Gasteiger charge is -2.06. The molecule has 5 nitrogen and oxygen atoms in total. The number of rotatable bonds is 3. The summed E-state index contributed by atoms with van der Waals surface area (Å²) in [6.45, 7) is 0.373. The van der Waals surface area contributed by atoms with Crippen LogP contribution in [0.2, 0.25) is 5.28 Å².